The third-order valence-electron chi connectivity index (χ3n) is 5.23. The number of imide groups is 1. The van der Waals surface area contributed by atoms with Crippen molar-refractivity contribution in [1.82, 2.24) is 20.4 Å². The van der Waals surface area contributed by atoms with Crippen LogP contribution in [0.3, 0.4) is 0 Å². The number of hydrogen-bond donors (Lipinski definition) is 2. The standard InChI is InChI=1S/C22H27BrN4O6/c1-22(2,3)33-21(32)24-11-17(28)25-14-6-8-26(9-7-14)18(29)12-27-19(30)15-5-4-13(23)10-16(15)20(27)31/h4-5,10,14H,6-9,11-12H2,1-3H3,(H,24,32)(H,25,28). The first-order valence-electron chi connectivity index (χ1n) is 10.6. The highest BCUT2D eigenvalue weighted by molar-refractivity contribution is 9.10. The summed E-state index contributed by atoms with van der Waals surface area (Å²) >= 11 is 3.28. The van der Waals surface area contributed by atoms with E-state index in [4.69, 9.17) is 4.74 Å². The van der Waals surface area contributed by atoms with Gasteiger partial charge < -0.3 is 20.3 Å². The van der Waals surface area contributed by atoms with Crippen molar-refractivity contribution in [1.29, 1.82) is 0 Å². The van der Waals surface area contributed by atoms with Gasteiger partial charge >= 0.3 is 6.09 Å². The highest BCUT2D eigenvalue weighted by Crippen LogP contribution is 2.26. The predicted molar refractivity (Wildman–Crippen MR) is 121 cm³/mol. The number of halogens is 1. The van der Waals surface area contributed by atoms with Gasteiger partial charge in [-0.05, 0) is 51.8 Å². The maximum absolute atomic E-state index is 12.7. The van der Waals surface area contributed by atoms with Crippen LogP contribution in [-0.4, -0.2) is 77.3 Å². The zero-order valence-corrected chi connectivity index (χ0v) is 20.4. The molecule has 1 aromatic rings. The van der Waals surface area contributed by atoms with Crippen molar-refractivity contribution in [3.8, 4) is 0 Å². The smallest absolute Gasteiger partial charge is 0.408 e. The van der Waals surface area contributed by atoms with Crippen molar-refractivity contribution in [2.45, 2.75) is 45.3 Å². The molecule has 2 aliphatic heterocycles. The second kappa shape index (κ2) is 9.90. The summed E-state index contributed by atoms with van der Waals surface area (Å²) in [6.07, 6.45) is 0.386. The Labute approximate surface area is 200 Å². The Morgan fingerprint density at radius 2 is 1.73 bits per heavy atom. The van der Waals surface area contributed by atoms with Gasteiger partial charge in [-0.2, -0.15) is 0 Å². The van der Waals surface area contributed by atoms with E-state index in [1.54, 1.807) is 43.9 Å². The van der Waals surface area contributed by atoms with Crippen LogP contribution in [-0.2, 0) is 14.3 Å². The summed E-state index contributed by atoms with van der Waals surface area (Å²) in [4.78, 5) is 64.1. The zero-order chi connectivity index (χ0) is 24.3. The topological polar surface area (TPSA) is 125 Å². The van der Waals surface area contributed by atoms with E-state index in [0.717, 1.165) is 4.90 Å². The molecule has 0 unspecified atom stereocenters. The number of carbonyl (C=O) groups excluding carboxylic acids is 5. The Morgan fingerprint density at radius 3 is 2.36 bits per heavy atom. The number of amides is 5. The molecule has 11 heteroatoms. The molecule has 178 valence electrons. The van der Waals surface area contributed by atoms with E-state index in [9.17, 15) is 24.0 Å². The van der Waals surface area contributed by atoms with Gasteiger partial charge in [0.1, 0.15) is 18.7 Å². The van der Waals surface area contributed by atoms with Crippen LogP contribution in [0.4, 0.5) is 4.79 Å². The van der Waals surface area contributed by atoms with Crippen LogP contribution >= 0.6 is 15.9 Å². The van der Waals surface area contributed by atoms with Crippen molar-refractivity contribution in [2.24, 2.45) is 0 Å². The zero-order valence-electron chi connectivity index (χ0n) is 18.8. The Bertz CT molecular complexity index is 982. The molecule has 10 nitrogen and oxygen atoms in total. The average Bonchev–Trinajstić information content (AvgIpc) is 2.96. The van der Waals surface area contributed by atoms with E-state index in [1.165, 1.54) is 0 Å². The molecule has 1 saturated heterocycles. The summed E-state index contributed by atoms with van der Waals surface area (Å²) in [6.45, 7) is 5.44. The Balaban J connectivity index is 1.43. The molecule has 2 N–H and O–H groups in total. The van der Waals surface area contributed by atoms with E-state index in [1.807, 2.05) is 0 Å². The van der Waals surface area contributed by atoms with E-state index >= 15 is 0 Å². The summed E-state index contributed by atoms with van der Waals surface area (Å²) in [7, 11) is 0. The first kappa shape index (κ1) is 24.7. The fourth-order valence-electron chi connectivity index (χ4n) is 3.66. The van der Waals surface area contributed by atoms with Crippen molar-refractivity contribution in [2.75, 3.05) is 26.2 Å². The normalized spacial score (nSPS) is 16.5. The monoisotopic (exact) mass is 522 g/mol. The van der Waals surface area contributed by atoms with Gasteiger partial charge in [-0.3, -0.25) is 24.1 Å². The van der Waals surface area contributed by atoms with Gasteiger partial charge in [0.25, 0.3) is 11.8 Å². The highest BCUT2D eigenvalue weighted by atomic mass is 79.9. The van der Waals surface area contributed by atoms with Gasteiger partial charge in [0.15, 0.2) is 0 Å². The summed E-state index contributed by atoms with van der Waals surface area (Å²) < 4.78 is 5.77. The lowest BCUT2D eigenvalue weighted by atomic mass is 10.0. The molecule has 0 bridgehead atoms. The lowest BCUT2D eigenvalue weighted by Gasteiger charge is -2.33. The van der Waals surface area contributed by atoms with Crippen molar-refractivity contribution >= 4 is 45.7 Å². The molecule has 0 atom stereocenters. The second-order valence-corrected chi connectivity index (χ2v) is 9.88. The number of nitrogens with zero attached hydrogens (tertiary/aromatic N) is 2. The molecule has 3 rings (SSSR count). The molecular formula is C22H27BrN4O6. The summed E-state index contributed by atoms with van der Waals surface area (Å²) in [5, 5.41) is 5.24. The van der Waals surface area contributed by atoms with Gasteiger partial charge in [0.05, 0.1) is 11.1 Å². The van der Waals surface area contributed by atoms with E-state index in [2.05, 4.69) is 26.6 Å². The molecule has 2 aliphatic rings. The molecule has 0 spiro atoms. The molecular weight excluding hydrogens is 496 g/mol. The van der Waals surface area contributed by atoms with Crippen LogP contribution in [0.25, 0.3) is 0 Å². The minimum atomic E-state index is -0.668. The predicted octanol–water partition coefficient (Wildman–Crippen LogP) is 1.68. The highest BCUT2D eigenvalue weighted by Gasteiger charge is 2.38. The van der Waals surface area contributed by atoms with Crippen molar-refractivity contribution < 1.29 is 28.7 Å². The Morgan fingerprint density at radius 1 is 1.09 bits per heavy atom. The van der Waals surface area contributed by atoms with E-state index < -0.39 is 23.5 Å². The SMILES string of the molecule is CC(C)(C)OC(=O)NCC(=O)NC1CCN(C(=O)CN2C(=O)c3ccc(Br)cc3C2=O)CC1. The molecule has 0 aromatic heterocycles. The van der Waals surface area contributed by atoms with Gasteiger partial charge in [0.2, 0.25) is 11.8 Å². The molecule has 2 heterocycles. The number of hydrogen-bond acceptors (Lipinski definition) is 6. The lowest BCUT2D eigenvalue weighted by Crippen LogP contribution is -2.51. The summed E-state index contributed by atoms with van der Waals surface area (Å²) in [5.41, 5.74) is -0.0786. The maximum atomic E-state index is 12.7. The fourth-order valence-corrected chi connectivity index (χ4v) is 4.02. The first-order chi connectivity index (χ1) is 15.4. The Kier molecular flexibility index (Phi) is 7.41. The van der Waals surface area contributed by atoms with Crippen molar-refractivity contribution in [3.05, 3.63) is 33.8 Å². The van der Waals surface area contributed by atoms with Crippen LogP contribution in [0, 0.1) is 0 Å². The van der Waals surface area contributed by atoms with Crippen LogP contribution in [0.15, 0.2) is 22.7 Å². The Hall–Kier alpha value is -2.95. The third kappa shape index (κ3) is 6.31. The molecule has 0 saturated carbocycles. The number of alkyl carbamates (subject to hydrolysis) is 1. The fraction of sp³-hybridized carbons (Fsp3) is 0.500. The van der Waals surface area contributed by atoms with E-state index in [0.29, 0.717) is 30.4 Å². The maximum Gasteiger partial charge on any atom is 0.408 e. The van der Waals surface area contributed by atoms with Gasteiger partial charge in [0, 0.05) is 23.6 Å². The quantitative estimate of drug-likeness (QED) is 0.566. The molecule has 5 amide bonds. The van der Waals surface area contributed by atoms with Gasteiger partial charge in [-0.15, -0.1) is 0 Å². The molecule has 33 heavy (non-hydrogen) atoms. The van der Waals surface area contributed by atoms with Gasteiger partial charge in [-0.1, -0.05) is 15.9 Å². The number of ether oxygens (including phenoxy) is 1. The van der Waals surface area contributed by atoms with Crippen LogP contribution in [0.5, 0.6) is 0 Å². The molecule has 0 radical (unpaired) electrons. The van der Waals surface area contributed by atoms with Crippen LogP contribution in [0.2, 0.25) is 0 Å². The molecule has 1 fully saturated rings. The number of carbonyl (C=O) groups is 5. The number of likely N-dealkylation sites (tertiary alicyclic amines) is 1. The number of fused-ring (bicyclic) bond motifs is 1. The van der Waals surface area contributed by atoms with E-state index in [-0.39, 0.29) is 42.1 Å². The first-order valence-corrected chi connectivity index (χ1v) is 11.4. The van der Waals surface area contributed by atoms with Crippen LogP contribution < -0.4 is 10.6 Å². The largest absolute Gasteiger partial charge is 0.444 e. The molecule has 1 aromatic carbocycles. The number of piperidine rings is 1. The average molecular weight is 523 g/mol. The van der Waals surface area contributed by atoms with Crippen LogP contribution in [0.1, 0.15) is 54.3 Å². The number of rotatable bonds is 5. The number of nitrogens with one attached hydrogen (secondary N) is 2. The summed E-state index contributed by atoms with van der Waals surface area (Å²) in [5.74, 6) is -1.62. The second-order valence-electron chi connectivity index (χ2n) is 8.96. The molecule has 0 aliphatic carbocycles. The number of benzene rings is 1. The third-order valence-corrected chi connectivity index (χ3v) is 5.72. The summed E-state index contributed by atoms with van der Waals surface area (Å²) in [6, 6.07) is 4.68. The minimum absolute atomic E-state index is 0.140. The lowest BCUT2D eigenvalue weighted by molar-refractivity contribution is -0.132. The van der Waals surface area contributed by atoms with Crippen molar-refractivity contribution in [3.63, 3.8) is 0 Å². The van der Waals surface area contributed by atoms with Gasteiger partial charge in [-0.25, -0.2) is 4.79 Å². The minimum Gasteiger partial charge on any atom is -0.444 e.